The fourth-order valence-electron chi connectivity index (χ4n) is 7.66. The predicted octanol–water partition coefficient (Wildman–Crippen LogP) is 3.78. The number of nitrogens with zero attached hydrogens (tertiary/aromatic N) is 2. The summed E-state index contributed by atoms with van der Waals surface area (Å²) in [6.07, 6.45) is 10.1. The van der Waals surface area contributed by atoms with Crippen LogP contribution in [0.4, 0.5) is 0 Å². The van der Waals surface area contributed by atoms with Gasteiger partial charge in [-0.05, 0) is 68.3 Å². The molecule has 2 heterocycles. The van der Waals surface area contributed by atoms with E-state index in [-0.39, 0.29) is 22.9 Å². The molecule has 1 amide bonds. The Morgan fingerprint density at radius 2 is 1.84 bits per heavy atom. The Morgan fingerprint density at radius 3 is 2.42 bits per heavy atom. The lowest BCUT2D eigenvalue weighted by atomic mass is 9.60. The van der Waals surface area contributed by atoms with E-state index < -0.39 is 12.0 Å². The standard InChI is InChI=1S/C31H49N3O4/c1-3-8-24(2)19-29(25-9-5-4-6-10-25)14-16-30(17-15-29)22-33(18-11-27(35)32-26-20-38-21-26)28(36)34(30)23-31(37)12-7-13-31/h4-6,9-10,24,26,28,36-37H,3,7-8,11-23H2,1-2H3,(H,32,35). The van der Waals surface area contributed by atoms with Crippen LogP contribution in [0.25, 0.3) is 0 Å². The summed E-state index contributed by atoms with van der Waals surface area (Å²) in [7, 11) is 0. The van der Waals surface area contributed by atoms with Crippen molar-refractivity contribution in [1.29, 1.82) is 0 Å². The van der Waals surface area contributed by atoms with Crippen molar-refractivity contribution in [2.75, 3.05) is 32.8 Å². The maximum atomic E-state index is 12.5. The van der Waals surface area contributed by atoms with E-state index in [1.54, 1.807) is 0 Å². The molecule has 7 nitrogen and oxygen atoms in total. The quantitative estimate of drug-likeness (QED) is 0.406. The summed E-state index contributed by atoms with van der Waals surface area (Å²) >= 11 is 0. The Hall–Kier alpha value is -1.51. The fourth-order valence-corrected chi connectivity index (χ4v) is 7.66. The van der Waals surface area contributed by atoms with Gasteiger partial charge in [0.25, 0.3) is 0 Å². The number of aliphatic hydroxyl groups excluding tert-OH is 1. The molecule has 5 rings (SSSR count). The van der Waals surface area contributed by atoms with Gasteiger partial charge in [-0.15, -0.1) is 0 Å². The number of aliphatic hydroxyl groups is 2. The van der Waals surface area contributed by atoms with E-state index in [2.05, 4.69) is 59.3 Å². The van der Waals surface area contributed by atoms with Crippen LogP contribution in [0, 0.1) is 5.92 Å². The van der Waals surface area contributed by atoms with Crippen LogP contribution in [0.1, 0.15) is 90.0 Å². The Bertz CT molecular complexity index is 924. The van der Waals surface area contributed by atoms with Crippen LogP contribution in [0.5, 0.6) is 0 Å². The third-order valence-electron chi connectivity index (χ3n) is 10.1. The van der Waals surface area contributed by atoms with Crippen molar-refractivity contribution in [2.45, 2.75) is 113 Å². The van der Waals surface area contributed by atoms with E-state index in [0.717, 1.165) is 51.5 Å². The summed E-state index contributed by atoms with van der Waals surface area (Å²) < 4.78 is 5.17. The van der Waals surface area contributed by atoms with Gasteiger partial charge in [-0.25, -0.2) is 0 Å². The summed E-state index contributed by atoms with van der Waals surface area (Å²) in [4.78, 5) is 16.8. The van der Waals surface area contributed by atoms with Gasteiger partial charge in [-0.2, -0.15) is 0 Å². The van der Waals surface area contributed by atoms with Crippen LogP contribution in [0.15, 0.2) is 30.3 Å². The number of rotatable bonds is 11. The Labute approximate surface area is 228 Å². The molecule has 0 aromatic heterocycles. The number of hydrogen-bond donors (Lipinski definition) is 3. The molecule has 212 valence electrons. The second-order valence-corrected chi connectivity index (χ2v) is 13.0. The maximum absolute atomic E-state index is 12.5. The van der Waals surface area contributed by atoms with Gasteiger partial charge in [-0.3, -0.25) is 14.6 Å². The minimum atomic E-state index is -0.761. The van der Waals surface area contributed by atoms with E-state index >= 15 is 0 Å². The fraction of sp³-hybridized carbons (Fsp3) is 0.774. The molecule has 0 bridgehead atoms. The molecule has 3 N–H and O–H groups in total. The van der Waals surface area contributed by atoms with Crippen LogP contribution >= 0.6 is 0 Å². The number of nitrogens with one attached hydrogen (secondary N) is 1. The zero-order chi connectivity index (χ0) is 26.8. The number of benzene rings is 1. The van der Waals surface area contributed by atoms with E-state index in [9.17, 15) is 15.0 Å². The van der Waals surface area contributed by atoms with Crippen LogP contribution in [0.3, 0.4) is 0 Å². The van der Waals surface area contributed by atoms with Crippen LogP contribution in [0.2, 0.25) is 0 Å². The largest absolute Gasteiger partial charge is 0.389 e. The molecule has 4 aliphatic rings. The minimum absolute atomic E-state index is 0.0206. The van der Waals surface area contributed by atoms with Gasteiger partial charge >= 0.3 is 0 Å². The van der Waals surface area contributed by atoms with Gasteiger partial charge in [0.1, 0.15) is 0 Å². The summed E-state index contributed by atoms with van der Waals surface area (Å²) in [6, 6.07) is 11.2. The van der Waals surface area contributed by atoms with Crippen LogP contribution < -0.4 is 5.32 Å². The van der Waals surface area contributed by atoms with Crippen molar-refractivity contribution in [2.24, 2.45) is 5.92 Å². The lowest BCUT2D eigenvalue weighted by Gasteiger charge is -2.52. The summed E-state index contributed by atoms with van der Waals surface area (Å²) in [6.45, 7) is 7.65. The molecule has 2 unspecified atom stereocenters. The summed E-state index contributed by atoms with van der Waals surface area (Å²) in [5, 5.41) is 25.7. The molecule has 1 aromatic carbocycles. The van der Waals surface area contributed by atoms with E-state index in [1.807, 2.05) is 0 Å². The molecule has 38 heavy (non-hydrogen) atoms. The monoisotopic (exact) mass is 527 g/mol. The maximum Gasteiger partial charge on any atom is 0.221 e. The number of ether oxygens (including phenoxy) is 1. The number of amides is 1. The molecule has 1 aromatic rings. The third kappa shape index (κ3) is 5.83. The molecule has 2 atom stereocenters. The lowest BCUT2D eigenvalue weighted by molar-refractivity contribution is -0.143. The first kappa shape index (κ1) is 28.0. The highest BCUT2D eigenvalue weighted by molar-refractivity contribution is 5.76. The second-order valence-electron chi connectivity index (χ2n) is 13.0. The van der Waals surface area contributed by atoms with Crippen molar-refractivity contribution < 1.29 is 19.7 Å². The van der Waals surface area contributed by atoms with Crippen molar-refractivity contribution in [3.05, 3.63) is 35.9 Å². The van der Waals surface area contributed by atoms with Crippen molar-refractivity contribution in [3.8, 4) is 0 Å². The first-order valence-corrected chi connectivity index (χ1v) is 15.1. The Balaban J connectivity index is 1.32. The second kappa shape index (κ2) is 11.5. The molecular weight excluding hydrogens is 478 g/mol. The first-order valence-electron chi connectivity index (χ1n) is 15.1. The molecule has 2 aliphatic heterocycles. The van der Waals surface area contributed by atoms with Crippen molar-refractivity contribution in [1.82, 2.24) is 15.1 Å². The zero-order valence-corrected chi connectivity index (χ0v) is 23.5. The zero-order valence-electron chi connectivity index (χ0n) is 23.5. The first-order chi connectivity index (χ1) is 18.3. The third-order valence-corrected chi connectivity index (χ3v) is 10.1. The van der Waals surface area contributed by atoms with Crippen LogP contribution in [-0.4, -0.2) is 82.3 Å². The number of carbonyl (C=O) groups excluding carboxylic acids is 1. The van der Waals surface area contributed by atoms with Gasteiger partial charge in [0.2, 0.25) is 5.91 Å². The molecule has 1 spiro atoms. The van der Waals surface area contributed by atoms with Gasteiger partial charge in [0.05, 0.1) is 24.9 Å². The number of β-amino-alcohol motifs (C(OH)–C–C–N with tert-alkyl or cyclic N) is 1. The van der Waals surface area contributed by atoms with E-state index in [0.29, 0.717) is 38.6 Å². The molecule has 2 saturated heterocycles. The SMILES string of the molecule is CCCC(C)CC1(c2ccccc2)CCC2(CC1)CN(CCC(=O)NC1COC1)C(O)N2CC1(O)CCC1. The summed E-state index contributed by atoms with van der Waals surface area (Å²) in [5.41, 5.74) is 0.738. The predicted molar refractivity (Wildman–Crippen MR) is 148 cm³/mol. The van der Waals surface area contributed by atoms with Gasteiger partial charge < -0.3 is 20.3 Å². The molecule has 2 saturated carbocycles. The van der Waals surface area contributed by atoms with E-state index in [4.69, 9.17) is 4.74 Å². The topological polar surface area (TPSA) is 85.3 Å². The Morgan fingerprint density at radius 1 is 1.13 bits per heavy atom. The molecule has 7 heteroatoms. The minimum Gasteiger partial charge on any atom is -0.389 e. The van der Waals surface area contributed by atoms with Gasteiger partial charge in [0, 0.05) is 31.6 Å². The van der Waals surface area contributed by atoms with Crippen molar-refractivity contribution in [3.63, 3.8) is 0 Å². The highest BCUT2D eigenvalue weighted by Gasteiger charge is 2.56. The number of carbonyl (C=O) groups is 1. The average Bonchev–Trinajstić information content (AvgIpc) is 3.12. The van der Waals surface area contributed by atoms with E-state index in [1.165, 1.54) is 24.8 Å². The average molecular weight is 528 g/mol. The van der Waals surface area contributed by atoms with Gasteiger partial charge in [0.15, 0.2) is 6.35 Å². The number of hydrogen-bond acceptors (Lipinski definition) is 6. The molecule has 2 aliphatic carbocycles. The summed E-state index contributed by atoms with van der Waals surface area (Å²) in [5.74, 6) is 0.693. The highest BCUT2D eigenvalue weighted by Crippen LogP contribution is 2.52. The molecular formula is C31H49N3O4. The van der Waals surface area contributed by atoms with Crippen molar-refractivity contribution >= 4 is 5.91 Å². The molecule has 4 fully saturated rings. The van der Waals surface area contributed by atoms with Gasteiger partial charge in [-0.1, -0.05) is 57.0 Å². The lowest BCUT2D eigenvalue weighted by Crippen LogP contribution is -2.59. The molecule has 0 radical (unpaired) electrons. The Kier molecular flexibility index (Phi) is 8.51. The smallest absolute Gasteiger partial charge is 0.221 e. The van der Waals surface area contributed by atoms with Crippen LogP contribution in [-0.2, 0) is 14.9 Å². The normalized spacial score (nSPS) is 32.6. The highest BCUT2D eigenvalue weighted by atomic mass is 16.5.